The summed E-state index contributed by atoms with van der Waals surface area (Å²) in [4.78, 5) is 12.2. The van der Waals surface area contributed by atoms with E-state index in [0.717, 1.165) is 12.1 Å². The van der Waals surface area contributed by atoms with Gasteiger partial charge in [0.1, 0.15) is 0 Å². The van der Waals surface area contributed by atoms with E-state index < -0.39 is 23.7 Å². The standard InChI is InChI=1S/C16H18F3N3O2/c17-16(18,19)13-5-3-4-11(8-13)14(6-1-2-7-23)22-15(24)12-9-20-21-10-12/h3-5,8-10,14,23H,1-2,6-7H2,(H,20,21)(H,22,24)/t14-/m0/s1. The average Bonchev–Trinajstić information content (AvgIpc) is 3.08. The molecule has 1 aromatic carbocycles. The van der Waals surface area contributed by atoms with Crippen molar-refractivity contribution in [3.05, 3.63) is 53.3 Å². The normalized spacial score (nSPS) is 12.8. The number of hydrogen-bond acceptors (Lipinski definition) is 3. The summed E-state index contributed by atoms with van der Waals surface area (Å²) in [7, 11) is 0. The molecule has 0 spiro atoms. The van der Waals surface area contributed by atoms with Crippen molar-refractivity contribution in [2.24, 2.45) is 0 Å². The maximum absolute atomic E-state index is 12.9. The molecule has 3 N–H and O–H groups in total. The van der Waals surface area contributed by atoms with Gasteiger partial charge in [-0.25, -0.2) is 0 Å². The van der Waals surface area contributed by atoms with E-state index in [1.54, 1.807) is 6.07 Å². The van der Waals surface area contributed by atoms with Crippen molar-refractivity contribution in [2.75, 3.05) is 6.61 Å². The van der Waals surface area contributed by atoms with Crippen LogP contribution in [0, 0.1) is 0 Å². The molecule has 2 rings (SSSR count). The maximum Gasteiger partial charge on any atom is 0.416 e. The Hall–Kier alpha value is -2.35. The molecule has 1 atom stereocenters. The second-order valence-electron chi connectivity index (χ2n) is 5.36. The van der Waals surface area contributed by atoms with Gasteiger partial charge in [-0.2, -0.15) is 18.3 Å². The monoisotopic (exact) mass is 341 g/mol. The van der Waals surface area contributed by atoms with Gasteiger partial charge in [-0.15, -0.1) is 0 Å². The van der Waals surface area contributed by atoms with Gasteiger partial charge in [0.15, 0.2) is 0 Å². The third kappa shape index (κ3) is 4.82. The Morgan fingerprint density at radius 2 is 2.12 bits per heavy atom. The zero-order chi connectivity index (χ0) is 17.6. The summed E-state index contributed by atoms with van der Waals surface area (Å²) in [6.45, 7) is -0.00894. The minimum Gasteiger partial charge on any atom is -0.396 e. The number of halogens is 3. The molecule has 0 bridgehead atoms. The number of carbonyl (C=O) groups is 1. The highest BCUT2D eigenvalue weighted by molar-refractivity contribution is 5.93. The summed E-state index contributed by atoms with van der Waals surface area (Å²) in [5.41, 5.74) is -0.0848. The Kier molecular flexibility index (Phi) is 5.97. The fourth-order valence-corrected chi connectivity index (χ4v) is 2.33. The lowest BCUT2D eigenvalue weighted by Crippen LogP contribution is -2.28. The zero-order valence-corrected chi connectivity index (χ0v) is 12.8. The topological polar surface area (TPSA) is 78.0 Å². The van der Waals surface area contributed by atoms with Crippen molar-refractivity contribution in [1.82, 2.24) is 15.5 Å². The first kappa shape index (κ1) is 18.0. The first-order valence-corrected chi connectivity index (χ1v) is 7.49. The van der Waals surface area contributed by atoms with Gasteiger partial charge < -0.3 is 10.4 Å². The van der Waals surface area contributed by atoms with Crippen LogP contribution in [-0.2, 0) is 6.18 Å². The molecule has 0 aliphatic carbocycles. The molecule has 5 nitrogen and oxygen atoms in total. The minimum atomic E-state index is -4.44. The second kappa shape index (κ2) is 7.96. The number of hydrogen-bond donors (Lipinski definition) is 3. The van der Waals surface area contributed by atoms with Crippen molar-refractivity contribution in [1.29, 1.82) is 0 Å². The number of rotatable bonds is 7. The van der Waals surface area contributed by atoms with E-state index in [0.29, 0.717) is 30.4 Å². The highest BCUT2D eigenvalue weighted by Crippen LogP contribution is 2.31. The Bertz CT molecular complexity index is 657. The largest absolute Gasteiger partial charge is 0.416 e. The van der Waals surface area contributed by atoms with Crippen molar-refractivity contribution in [3.63, 3.8) is 0 Å². The van der Waals surface area contributed by atoms with E-state index in [2.05, 4.69) is 15.5 Å². The Morgan fingerprint density at radius 1 is 1.33 bits per heavy atom. The second-order valence-corrected chi connectivity index (χ2v) is 5.36. The van der Waals surface area contributed by atoms with Gasteiger partial charge in [0.05, 0.1) is 23.4 Å². The van der Waals surface area contributed by atoms with Gasteiger partial charge in [-0.3, -0.25) is 9.89 Å². The van der Waals surface area contributed by atoms with E-state index in [9.17, 15) is 18.0 Å². The highest BCUT2D eigenvalue weighted by Gasteiger charge is 2.31. The quantitative estimate of drug-likeness (QED) is 0.677. The van der Waals surface area contributed by atoms with Gasteiger partial charge in [0.25, 0.3) is 5.91 Å². The Morgan fingerprint density at radius 3 is 2.75 bits per heavy atom. The maximum atomic E-state index is 12.9. The van der Waals surface area contributed by atoms with E-state index in [4.69, 9.17) is 5.11 Å². The number of aliphatic hydroxyl groups excluding tert-OH is 1. The lowest BCUT2D eigenvalue weighted by atomic mass is 9.98. The van der Waals surface area contributed by atoms with Gasteiger partial charge in [-0.05, 0) is 37.0 Å². The van der Waals surface area contributed by atoms with Gasteiger partial charge in [0, 0.05) is 12.8 Å². The molecule has 24 heavy (non-hydrogen) atoms. The number of nitrogens with one attached hydrogen (secondary N) is 2. The number of aromatic amines is 1. The van der Waals surface area contributed by atoms with E-state index in [1.165, 1.54) is 18.5 Å². The fourth-order valence-electron chi connectivity index (χ4n) is 2.33. The number of carbonyl (C=O) groups excluding carboxylic acids is 1. The molecule has 1 amide bonds. The number of aromatic nitrogens is 2. The lowest BCUT2D eigenvalue weighted by Gasteiger charge is -2.20. The molecule has 0 saturated carbocycles. The molecule has 0 radical (unpaired) electrons. The van der Waals surface area contributed by atoms with Crippen molar-refractivity contribution in [2.45, 2.75) is 31.5 Å². The SMILES string of the molecule is O=C(N[C@@H](CCCCO)c1cccc(C(F)(F)F)c1)c1cn[nH]c1. The number of benzene rings is 1. The minimum absolute atomic E-state index is 0.00894. The summed E-state index contributed by atoms with van der Waals surface area (Å²) in [5, 5.41) is 17.8. The van der Waals surface area contributed by atoms with Crippen molar-refractivity contribution < 1.29 is 23.1 Å². The fraction of sp³-hybridized carbons (Fsp3) is 0.375. The molecule has 0 fully saturated rings. The van der Waals surface area contributed by atoms with Gasteiger partial charge >= 0.3 is 6.18 Å². The predicted molar refractivity (Wildman–Crippen MR) is 81.2 cm³/mol. The van der Waals surface area contributed by atoms with Crippen LogP contribution in [-0.4, -0.2) is 27.8 Å². The molecule has 0 aliphatic heterocycles. The molecule has 130 valence electrons. The van der Waals surface area contributed by atoms with E-state index in [1.807, 2.05) is 0 Å². The van der Waals surface area contributed by atoms with Crippen LogP contribution in [0.25, 0.3) is 0 Å². The lowest BCUT2D eigenvalue weighted by molar-refractivity contribution is -0.137. The van der Waals surface area contributed by atoms with E-state index >= 15 is 0 Å². The number of amides is 1. The van der Waals surface area contributed by atoms with Crippen LogP contribution in [0.15, 0.2) is 36.7 Å². The summed E-state index contributed by atoms with van der Waals surface area (Å²) in [6.07, 6.45) is -0.190. The zero-order valence-electron chi connectivity index (χ0n) is 12.8. The number of unbranched alkanes of at least 4 members (excludes halogenated alkanes) is 1. The molecular formula is C16H18F3N3O2. The summed E-state index contributed by atoms with van der Waals surface area (Å²) >= 11 is 0. The first-order valence-electron chi connectivity index (χ1n) is 7.49. The van der Waals surface area contributed by atoms with Crippen LogP contribution in [0.4, 0.5) is 13.2 Å². The number of nitrogens with zero attached hydrogens (tertiary/aromatic N) is 1. The summed E-state index contributed by atoms with van der Waals surface area (Å²) in [6, 6.07) is 4.32. The molecule has 0 aliphatic rings. The Labute approximate surface area is 136 Å². The van der Waals surface area contributed by atoms with Crippen LogP contribution in [0.5, 0.6) is 0 Å². The van der Waals surface area contributed by atoms with E-state index in [-0.39, 0.29) is 6.61 Å². The van der Waals surface area contributed by atoms with Crippen LogP contribution < -0.4 is 5.32 Å². The molecule has 0 unspecified atom stereocenters. The number of H-pyrrole nitrogens is 1. The smallest absolute Gasteiger partial charge is 0.396 e. The van der Waals surface area contributed by atoms with Crippen LogP contribution in [0.1, 0.15) is 46.8 Å². The Balaban J connectivity index is 2.20. The van der Waals surface area contributed by atoms with Crippen LogP contribution in [0.3, 0.4) is 0 Å². The number of aliphatic hydroxyl groups is 1. The summed E-state index contributed by atoms with van der Waals surface area (Å²) < 4.78 is 38.7. The van der Waals surface area contributed by atoms with Crippen LogP contribution >= 0.6 is 0 Å². The molecule has 0 saturated heterocycles. The molecular weight excluding hydrogens is 323 g/mol. The first-order chi connectivity index (χ1) is 11.4. The van der Waals surface area contributed by atoms with Gasteiger partial charge in [-0.1, -0.05) is 12.1 Å². The summed E-state index contributed by atoms with van der Waals surface area (Å²) in [5.74, 6) is -0.421. The van der Waals surface area contributed by atoms with Crippen molar-refractivity contribution >= 4 is 5.91 Å². The highest BCUT2D eigenvalue weighted by atomic mass is 19.4. The third-order valence-corrected chi connectivity index (χ3v) is 3.58. The molecule has 1 heterocycles. The van der Waals surface area contributed by atoms with Crippen LogP contribution in [0.2, 0.25) is 0 Å². The number of alkyl halides is 3. The molecule has 8 heteroatoms. The molecule has 1 aromatic heterocycles. The average molecular weight is 341 g/mol. The van der Waals surface area contributed by atoms with Crippen molar-refractivity contribution in [3.8, 4) is 0 Å². The molecule has 2 aromatic rings. The predicted octanol–water partition coefficient (Wildman–Crippen LogP) is 3.06. The van der Waals surface area contributed by atoms with Gasteiger partial charge in [0.2, 0.25) is 0 Å². The third-order valence-electron chi connectivity index (χ3n) is 3.58.